The third-order valence-electron chi connectivity index (χ3n) is 4.57. The van der Waals surface area contributed by atoms with Crippen molar-refractivity contribution in [3.05, 3.63) is 48.0 Å². The molecule has 0 aromatic heterocycles. The molecule has 1 aliphatic carbocycles. The molecule has 3 atom stereocenters. The maximum Gasteiger partial charge on any atom is 0.0452 e. The predicted octanol–water partition coefficient (Wildman–Crippen LogP) is 3.62. The van der Waals surface area contributed by atoms with Crippen LogP contribution in [0.1, 0.15) is 37.8 Å². The maximum atomic E-state index is 6.05. The van der Waals surface area contributed by atoms with Gasteiger partial charge in [-0.25, -0.2) is 0 Å². The molecule has 3 unspecified atom stereocenters. The number of fused-ring (bicyclic) bond motifs is 1. The Hall–Kier alpha value is -1.38. The van der Waals surface area contributed by atoms with Gasteiger partial charge in [0.15, 0.2) is 0 Å². The van der Waals surface area contributed by atoms with Gasteiger partial charge in [0.05, 0.1) is 0 Å². The molecule has 0 heterocycles. The SMILES string of the molecule is CC1CCC(NC(CN)c2cccc3ccccc23)C1. The van der Waals surface area contributed by atoms with Crippen molar-refractivity contribution in [3.63, 3.8) is 0 Å². The van der Waals surface area contributed by atoms with Crippen LogP contribution in [0.4, 0.5) is 0 Å². The average Bonchev–Trinajstić information content (AvgIpc) is 2.89. The smallest absolute Gasteiger partial charge is 0.0452 e. The van der Waals surface area contributed by atoms with Crippen molar-refractivity contribution < 1.29 is 0 Å². The predicted molar refractivity (Wildman–Crippen MR) is 85.7 cm³/mol. The summed E-state index contributed by atoms with van der Waals surface area (Å²) in [5, 5.41) is 6.40. The van der Waals surface area contributed by atoms with Crippen molar-refractivity contribution in [2.45, 2.75) is 38.3 Å². The average molecular weight is 268 g/mol. The lowest BCUT2D eigenvalue weighted by Gasteiger charge is -2.23. The Balaban J connectivity index is 1.87. The molecule has 106 valence electrons. The van der Waals surface area contributed by atoms with E-state index in [-0.39, 0.29) is 6.04 Å². The fourth-order valence-corrected chi connectivity index (χ4v) is 3.48. The second-order valence-electron chi connectivity index (χ2n) is 6.14. The van der Waals surface area contributed by atoms with E-state index in [2.05, 4.69) is 54.7 Å². The van der Waals surface area contributed by atoms with Crippen molar-refractivity contribution in [1.29, 1.82) is 0 Å². The summed E-state index contributed by atoms with van der Waals surface area (Å²) < 4.78 is 0. The summed E-state index contributed by atoms with van der Waals surface area (Å²) in [5.74, 6) is 0.846. The van der Waals surface area contributed by atoms with Crippen molar-refractivity contribution in [1.82, 2.24) is 5.32 Å². The van der Waals surface area contributed by atoms with E-state index in [4.69, 9.17) is 5.73 Å². The van der Waals surface area contributed by atoms with E-state index in [9.17, 15) is 0 Å². The van der Waals surface area contributed by atoms with Gasteiger partial charge in [-0.3, -0.25) is 0 Å². The summed E-state index contributed by atoms with van der Waals surface area (Å²) in [6.45, 7) is 3.00. The normalized spacial score (nSPS) is 24.1. The maximum absolute atomic E-state index is 6.05. The lowest BCUT2D eigenvalue weighted by molar-refractivity contribution is 0.436. The van der Waals surface area contributed by atoms with E-state index in [1.807, 2.05) is 0 Å². The molecule has 0 spiro atoms. The molecule has 1 saturated carbocycles. The van der Waals surface area contributed by atoms with Crippen LogP contribution in [0.2, 0.25) is 0 Å². The quantitative estimate of drug-likeness (QED) is 0.889. The molecular weight excluding hydrogens is 244 g/mol. The first-order valence-corrected chi connectivity index (χ1v) is 7.71. The third-order valence-corrected chi connectivity index (χ3v) is 4.57. The van der Waals surface area contributed by atoms with E-state index >= 15 is 0 Å². The standard InChI is InChI=1S/C18H24N2/c1-13-9-10-15(11-13)20-18(12-19)17-8-4-6-14-5-2-3-7-16(14)17/h2-8,13,15,18,20H,9-12,19H2,1H3. The number of hydrogen-bond acceptors (Lipinski definition) is 2. The van der Waals surface area contributed by atoms with Crippen LogP contribution in [0, 0.1) is 5.92 Å². The van der Waals surface area contributed by atoms with E-state index in [0.29, 0.717) is 12.6 Å². The van der Waals surface area contributed by atoms with Gasteiger partial charge in [0.25, 0.3) is 0 Å². The highest BCUT2D eigenvalue weighted by molar-refractivity contribution is 5.86. The molecule has 0 radical (unpaired) electrons. The monoisotopic (exact) mass is 268 g/mol. The van der Waals surface area contributed by atoms with Gasteiger partial charge < -0.3 is 11.1 Å². The Morgan fingerprint density at radius 2 is 1.95 bits per heavy atom. The lowest BCUT2D eigenvalue weighted by atomic mass is 9.98. The minimum atomic E-state index is 0.261. The summed E-state index contributed by atoms with van der Waals surface area (Å²) in [6.07, 6.45) is 3.90. The van der Waals surface area contributed by atoms with Gasteiger partial charge in [0, 0.05) is 18.6 Å². The van der Waals surface area contributed by atoms with Gasteiger partial charge in [-0.15, -0.1) is 0 Å². The minimum absolute atomic E-state index is 0.261. The van der Waals surface area contributed by atoms with Crippen LogP contribution < -0.4 is 11.1 Å². The van der Waals surface area contributed by atoms with E-state index < -0.39 is 0 Å². The van der Waals surface area contributed by atoms with Crippen LogP contribution in [-0.2, 0) is 0 Å². The largest absolute Gasteiger partial charge is 0.329 e. The van der Waals surface area contributed by atoms with Gasteiger partial charge in [-0.1, -0.05) is 49.4 Å². The van der Waals surface area contributed by atoms with Gasteiger partial charge in [-0.05, 0) is 41.5 Å². The molecule has 2 aromatic rings. The van der Waals surface area contributed by atoms with Gasteiger partial charge >= 0.3 is 0 Å². The first-order chi connectivity index (χ1) is 9.78. The van der Waals surface area contributed by atoms with Crippen molar-refractivity contribution in [2.75, 3.05) is 6.54 Å². The first-order valence-electron chi connectivity index (χ1n) is 7.71. The minimum Gasteiger partial charge on any atom is -0.329 e. The summed E-state index contributed by atoms with van der Waals surface area (Å²) in [7, 11) is 0. The van der Waals surface area contributed by atoms with E-state index in [0.717, 1.165) is 5.92 Å². The molecule has 3 N–H and O–H groups in total. The van der Waals surface area contributed by atoms with Crippen molar-refractivity contribution in [2.24, 2.45) is 11.7 Å². The van der Waals surface area contributed by atoms with Crippen LogP contribution in [0.15, 0.2) is 42.5 Å². The van der Waals surface area contributed by atoms with Crippen molar-refractivity contribution in [3.8, 4) is 0 Å². The fourth-order valence-electron chi connectivity index (χ4n) is 3.48. The zero-order chi connectivity index (χ0) is 13.9. The third kappa shape index (κ3) is 2.72. The summed E-state index contributed by atoms with van der Waals surface area (Å²) in [4.78, 5) is 0. The van der Waals surface area contributed by atoms with E-state index in [1.165, 1.54) is 35.6 Å². The summed E-state index contributed by atoms with van der Waals surface area (Å²) in [5.41, 5.74) is 7.38. The number of hydrogen-bond donors (Lipinski definition) is 2. The molecule has 2 nitrogen and oxygen atoms in total. The molecular formula is C18H24N2. The Kier molecular flexibility index (Phi) is 4.04. The van der Waals surface area contributed by atoms with Crippen LogP contribution >= 0.6 is 0 Å². The Morgan fingerprint density at radius 3 is 2.70 bits per heavy atom. The highest BCUT2D eigenvalue weighted by Crippen LogP contribution is 2.29. The molecule has 2 heteroatoms. The Labute approximate surface area is 121 Å². The molecule has 0 bridgehead atoms. The zero-order valence-corrected chi connectivity index (χ0v) is 12.2. The highest BCUT2D eigenvalue weighted by atomic mass is 15.0. The summed E-state index contributed by atoms with van der Waals surface area (Å²) in [6, 6.07) is 16.0. The molecule has 2 aromatic carbocycles. The highest BCUT2D eigenvalue weighted by Gasteiger charge is 2.24. The molecule has 1 aliphatic rings. The van der Waals surface area contributed by atoms with Gasteiger partial charge in [0.1, 0.15) is 0 Å². The Bertz CT molecular complexity index is 573. The lowest BCUT2D eigenvalue weighted by Crippen LogP contribution is -2.35. The molecule has 20 heavy (non-hydrogen) atoms. The number of benzene rings is 2. The number of rotatable bonds is 4. The second-order valence-corrected chi connectivity index (χ2v) is 6.14. The number of nitrogens with one attached hydrogen (secondary N) is 1. The summed E-state index contributed by atoms with van der Waals surface area (Å²) >= 11 is 0. The first kappa shape index (κ1) is 13.6. The molecule has 0 aliphatic heterocycles. The van der Waals surface area contributed by atoms with Crippen LogP contribution in [0.3, 0.4) is 0 Å². The molecule has 0 amide bonds. The van der Waals surface area contributed by atoms with Crippen LogP contribution in [-0.4, -0.2) is 12.6 Å². The number of nitrogens with two attached hydrogens (primary N) is 1. The molecule has 0 saturated heterocycles. The topological polar surface area (TPSA) is 38.0 Å². The van der Waals surface area contributed by atoms with Gasteiger partial charge in [0.2, 0.25) is 0 Å². The van der Waals surface area contributed by atoms with Gasteiger partial charge in [-0.2, -0.15) is 0 Å². The Morgan fingerprint density at radius 1 is 1.15 bits per heavy atom. The zero-order valence-electron chi connectivity index (χ0n) is 12.2. The van der Waals surface area contributed by atoms with Crippen molar-refractivity contribution >= 4 is 10.8 Å². The molecule has 3 rings (SSSR count). The fraction of sp³-hybridized carbons (Fsp3) is 0.444. The van der Waals surface area contributed by atoms with E-state index in [1.54, 1.807) is 0 Å². The van der Waals surface area contributed by atoms with Crippen LogP contribution in [0.25, 0.3) is 10.8 Å². The molecule has 1 fully saturated rings. The van der Waals surface area contributed by atoms with Crippen LogP contribution in [0.5, 0.6) is 0 Å². The second kappa shape index (κ2) is 5.94.